The lowest BCUT2D eigenvalue weighted by Crippen LogP contribution is -2.52. The predicted octanol–water partition coefficient (Wildman–Crippen LogP) is 3.52. The number of rotatable bonds is 7. The second-order valence-corrected chi connectivity index (χ2v) is 12.0. The summed E-state index contributed by atoms with van der Waals surface area (Å²) >= 11 is 1.52. The smallest absolute Gasteiger partial charge is 0.251 e. The number of hydrogen-bond acceptors (Lipinski definition) is 6. The van der Waals surface area contributed by atoms with E-state index in [0.717, 1.165) is 22.4 Å². The predicted molar refractivity (Wildman–Crippen MR) is 152 cm³/mol. The normalized spacial score (nSPS) is 22.7. The van der Waals surface area contributed by atoms with Crippen molar-refractivity contribution in [1.29, 1.82) is 5.41 Å². The van der Waals surface area contributed by atoms with E-state index >= 15 is 0 Å². The molecule has 3 amide bonds. The Hall–Kier alpha value is -4.18. The summed E-state index contributed by atoms with van der Waals surface area (Å²) in [5.74, 6) is 0.711. The Kier molecular flexibility index (Phi) is 6.58. The highest BCUT2D eigenvalue weighted by molar-refractivity contribution is 7.10. The van der Waals surface area contributed by atoms with Crippen LogP contribution in [0.5, 0.6) is 11.5 Å². The number of nitrogens with zero attached hydrogens (tertiary/aromatic N) is 2. The molecule has 40 heavy (non-hydrogen) atoms. The lowest BCUT2D eigenvalue weighted by Gasteiger charge is -2.34. The number of thiophene rings is 1. The quantitative estimate of drug-likeness (QED) is 0.303. The van der Waals surface area contributed by atoms with Crippen LogP contribution in [0.15, 0.2) is 60.0 Å². The first-order valence-electron chi connectivity index (χ1n) is 13.4. The fraction of sp³-hybridized carbons (Fsp3) is 0.333. The zero-order valence-electron chi connectivity index (χ0n) is 22.2. The first-order valence-corrected chi connectivity index (χ1v) is 14.3. The third-order valence-electron chi connectivity index (χ3n) is 8.25. The highest BCUT2D eigenvalue weighted by Gasteiger charge is 2.64. The molecule has 9 nitrogen and oxygen atoms in total. The maximum atomic E-state index is 13.7. The minimum absolute atomic E-state index is 0.0201. The summed E-state index contributed by atoms with van der Waals surface area (Å²) in [5.41, 5.74) is 7.89. The molecular weight excluding hydrogens is 526 g/mol. The number of carbonyl (C=O) groups is 3. The van der Waals surface area contributed by atoms with Crippen LogP contribution < -0.4 is 15.8 Å². The third kappa shape index (κ3) is 4.83. The van der Waals surface area contributed by atoms with Gasteiger partial charge in [0, 0.05) is 34.0 Å². The third-order valence-corrected chi connectivity index (χ3v) is 9.27. The van der Waals surface area contributed by atoms with Crippen molar-refractivity contribution in [3.8, 4) is 11.5 Å². The molecule has 3 aliphatic rings. The molecule has 2 fully saturated rings. The van der Waals surface area contributed by atoms with E-state index in [1.54, 1.807) is 29.2 Å². The first-order chi connectivity index (χ1) is 19.2. The molecule has 0 radical (unpaired) electrons. The zero-order valence-corrected chi connectivity index (χ0v) is 23.0. The molecule has 0 bridgehead atoms. The molecule has 10 heteroatoms. The van der Waals surface area contributed by atoms with Gasteiger partial charge in [-0.05, 0) is 66.6 Å². The number of piperidine rings is 1. The van der Waals surface area contributed by atoms with Gasteiger partial charge in [-0.1, -0.05) is 25.1 Å². The molecule has 3 aromatic rings. The SMILES string of the molecule is C[C@@]12C[C@@H]1N(C(=O)CNC(=O)c1ccc(Oc3ccccc3)cc1)[C@H](C(=O)N1CCc3c(C(=N)N)csc3C1)C2. The Morgan fingerprint density at radius 2 is 1.82 bits per heavy atom. The van der Waals surface area contributed by atoms with Crippen molar-refractivity contribution in [1.82, 2.24) is 15.1 Å². The Bertz CT molecular complexity index is 1490. The van der Waals surface area contributed by atoms with Crippen molar-refractivity contribution in [3.63, 3.8) is 0 Å². The number of likely N-dealkylation sites (tertiary alicyclic amines) is 1. The van der Waals surface area contributed by atoms with Crippen LogP contribution in [-0.4, -0.2) is 58.5 Å². The first kappa shape index (κ1) is 26.1. The molecule has 6 rings (SSSR count). The van der Waals surface area contributed by atoms with Gasteiger partial charge in [0.15, 0.2) is 0 Å². The van der Waals surface area contributed by atoms with Crippen LogP contribution in [0.25, 0.3) is 0 Å². The van der Waals surface area contributed by atoms with Crippen molar-refractivity contribution in [2.24, 2.45) is 11.1 Å². The van der Waals surface area contributed by atoms with Crippen LogP contribution in [0.1, 0.15) is 46.1 Å². The van der Waals surface area contributed by atoms with Crippen LogP contribution >= 0.6 is 11.3 Å². The Morgan fingerprint density at radius 1 is 1.10 bits per heavy atom. The van der Waals surface area contributed by atoms with Gasteiger partial charge in [-0.2, -0.15) is 0 Å². The number of nitrogens with one attached hydrogen (secondary N) is 2. The number of para-hydroxylation sites is 1. The average Bonchev–Trinajstić information content (AvgIpc) is 3.28. The standard InChI is InChI=1S/C30H31N5O4S/c1-30-13-23(29(38)34-12-11-21-22(27(31)32)17-40-24(21)16-34)35(25(30)14-30)26(36)15-33-28(37)18-7-9-20(10-8-18)39-19-5-3-2-4-6-19/h2-10,17,23,25H,11-16H2,1H3,(H3,31,32)(H,33,37)/t23-,25-,30+/m0/s1. The number of fused-ring (bicyclic) bond motifs is 2. The van der Waals surface area contributed by atoms with Gasteiger partial charge in [0.2, 0.25) is 11.8 Å². The number of hydrogen-bond donors (Lipinski definition) is 3. The van der Waals surface area contributed by atoms with Crippen LogP contribution in [0.3, 0.4) is 0 Å². The van der Waals surface area contributed by atoms with E-state index in [0.29, 0.717) is 43.0 Å². The summed E-state index contributed by atoms with van der Waals surface area (Å²) in [4.78, 5) is 44.4. The van der Waals surface area contributed by atoms with Crippen LogP contribution in [0.4, 0.5) is 0 Å². The number of nitrogen functional groups attached to an aromatic ring is 1. The molecule has 1 saturated carbocycles. The maximum absolute atomic E-state index is 13.7. The summed E-state index contributed by atoms with van der Waals surface area (Å²) in [6, 6.07) is 15.6. The number of amidine groups is 1. The molecular formula is C30H31N5O4S. The summed E-state index contributed by atoms with van der Waals surface area (Å²) in [6.07, 6.45) is 2.15. The minimum Gasteiger partial charge on any atom is -0.457 e. The van der Waals surface area contributed by atoms with Crippen molar-refractivity contribution < 1.29 is 19.1 Å². The fourth-order valence-corrected chi connectivity index (χ4v) is 7.06. The Morgan fingerprint density at radius 3 is 2.55 bits per heavy atom. The van der Waals surface area contributed by atoms with Gasteiger partial charge in [0.1, 0.15) is 23.4 Å². The molecule has 3 heterocycles. The van der Waals surface area contributed by atoms with E-state index < -0.39 is 6.04 Å². The maximum Gasteiger partial charge on any atom is 0.251 e. The number of carbonyl (C=O) groups excluding carboxylic acids is 3. The fourth-order valence-electron chi connectivity index (χ4n) is 5.95. The van der Waals surface area contributed by atoms with Crippen molar-refractivity contribution >= 4 is 34.9 Å². The molecule has 2 aromatic carbocycles. The van der Waals surface area contributed by atoms with Gasteiger partial charge in [0.05, 0.1) is 13.1 Å². The van der Waals surface area contributed by atoms with E-state index in [2.05, 4.69) is 12.2 Å². The molecule has 2 aliphatic heterocycles. The van der Waals surface area contributed by atoms with E-state index in [4.69, 9.17) is 15.9 Å². The highest BCUT2D eigenvalue weighted by atomic mass is 32.1. The summed E-state index contributed by atoms with van der Waals surface area (Å²) < 4.78 is 5.78. The molecule has 0 spiro atoms. The second kappa shape index (κ2) is 10.1. The van der Waals surface area contributed by atoms with E-state index in [-0.39, 0.29) is 41.6 Å². The number of benzene rings is 2. The number of nitrogens with two attached hydrogens (primary N) is 1. The van der Waals surface area contributed by atoms with Gasteiger partial charge in [-0.25, -0.2) is 0 Å². The monoisotopic (exact) mass is 557 g/mol. The molecule has 4 N–H and O–H groups in total. The zero-order chi connectivity index (χ0) is 28.0. The van der Waals surface area contributed by atoms with Crippen molar-refractivity contribution in [2.75, 3.05) is 13.1 Å². The molecule has 0 unspecified atom stereocenters. The van der Waals surface area contributed by atoms with Crippen LogP contribution in [0, 0.1) is 10.8 Å². The lowest BCUT2D eigenvalue weighted by molar-refractivity contribution is -0.145. The van der Waals surface area contributed by atoms with Gasteiger partial charge in [-0.3, -0.25) is 19.8 Å². The largest absolute Gasteiger partial charge is 0.457 e. The molecule has 1 aliphatic carbocycles. The van der Waals surface area contributed by atoms with E-state index in [1.165, 1.54) is 11.3 Å². The topological polar surface area (TPSA) is 129 Å². The van der Waals surface area contributed by atoms with Crippen LogP contribution in [0.2, 0.25) is 0 Å². The molecule has 206 valence electrons. The van der Waals surface area contributed by atoms with E-state index in [1.807, 2.05) is 40.6 Å². The van der Waals surface area contributed by atoms with E-state index in [9.17, 15) is 14.4 Å². The Labute approximate surface area is 236 Å². The lowest BCUT2D eigenvalue weighted by atomic mass is 9.99. The van der Waals surface area contributed by atoms with Gasteiger partial charge in [0.25, 0.3) is 5.91 Å². The summed E-state index contributed by atoms with van der Waals surface area (Å²) in [5, 5.41) is 12.4. The van der Waals surface area contributed by atoms with Gasteiger partial charge >= 0.3 is 0 Å². The van der Waals surface area contributed by atoms with Crippen molar-refractivity contribution in [3.05, 3.63) is 81.5 Å². The molecule has 1 aromatic heterocycles. The summed E-state index contributed by atoms with van der Waals surface area (Å²) in [7, 11) is 0. The Balaban J connectivity index is 1.08. The molecule has 1 saturated heterocycles. The summed E-state index contributed by atoms with van der Waals surface area (Å²) in [6.45, 7) is 2.94. The number of amides is 3. The molecule has 3 atom stereocenters. The van der Waals surface area contributed by atoms with Crippen LogP contribution in [-0.2, 0) is 22.6 Å². The van der Waals surface area contributed by atoms with Gasteiger partial charge in [-0.15, -0.1) is 11.3 Å². The van der Waals surface area contributed by atoms with Crippen molar-refractivity contribution in [2.45, 2.75) is 44.8 Å². The highest BCUT2D eigenvalue weighted by Crippen LogP contribution is 2.59. The second-order valence-electron chi connectivity index (χ2n) is 11.0. The minimum atomic E-state index is -0.531. The average molecular weight is 558 g/mol. The van der Waals surface area contributed by atoms with Gasteiger partial charge < -0.3 is 25.6 Å². The number of ether oxygens (including phenoxy) is 1.